The third-order valence-corrected chi connectivity index (χ3v) is 4.61. The van der Waals surface area contributed by atoms with Crippen LogP contribution in [0.4, 0.5) is 5.69 Å². The summed E-state index contributed by atoms with van der Waals surface area (Å²) in [5.41, 5.74) is 4.53. The first kappa shape index (κ1) is 24.2. The Hall–Kier alpha value is -4.46. The van der Waals surface area contributed by atoms with Gasteiger partial charge in [-0.1, -0.05) is 25.1 Å². The van der Waals surface area contributed by atoms with E-state index in [9.17, 15) is 14.4 Å². The highest BCUT2D eigenvalue weighted by atomic mass is 16.6. The zero-order valence-corrected chi connectivity index (χ0v) is 18.9. The number of nitrogens with zero attached hydrogens (tertiary/aromatic N) is 1. The van der Waals surface area contributed by atoms with Gasteiger partial charge in [0.2, 0.25) is 5.91 Å². The van der Waals surface area contributed by atoms with Gasteiger partial charge in [-0.15, -0.1) is 0 Å². The molecule has 8 heteroatoms. The lowest BCUT2D eigenvalue weighted by molar-refractivity contribution is -0.115. The van der Waals surface area contributed by atoms with Crippen LogP contribution in [-0.4, -0.2) is 30.6 Å². The van der Waals surface area contributed by atoms with Gasteiger partial charge in [-0.2, -0.15) is 5.10 Å². The van der Waals surface area contributed by atoms with E-state index < -0.39 is 11.9 Å². The van der Waals surface area contributed by atoms with Crippen LogP contribution in [-0.2, 0) is 4.79 Å². The fraction of sp³-hybridized carbons (Fsp3) is 0.154. The zero-order valence-electron chi connectivity index (χ0n) is 18.9. The van der Waals surface area contributed by atoms with Crippen molar-refractivity contribution in [3.63, 3.8) is 0 Å². The Bertz CT molecular complexity index is 1170. The van der Waals surface area contributed by atoms with Crippen molar-refractivity contribution in [2.45, 2.75) is 20.3 Å². The minimum atomic E-state index is -0.490. The number of carbonyl (C=O) groups excluding carboxylic acids is 3. The third kappa shape index (κ3) is 6.77. The molecular weight excluding hydrogens is 434 g/mol. The summed E-state index contributed by atoms with van der Waals surface area (Å²) in [5, 5.41) is 6.70. The van der Waals surface area contributed by atoms with Crippen molar-refractivity contribution in [2.24, 2.45) is 5.10 Å². The molecule has 0 aliphatic heterocycles. The fourth-order valence-electron chi connectivity index (χ4n) is 2.87. The SMILES string of the molecule is CCOc1cc(C=NNC(=O)c2ccc(NC(=O)CC)cc2)ccc1OC(=O)c1ccccc1. The highest BCUT2D eigenvalue weighted by molar-refractivity contribution is 5.96. The van der Waals surface area contributed by atoms with E-state index in [-0.39, 0.29) is 11.7 Å². The number of anilines is 1. The minimum absolute atomic E-state index is 0.103. The molecule has 2 amide bonds. The lowest BCUT2D eigenvalue weighted by atomic mass is 10.2. The van der Waals surface area contributed by atoms with E-state index in [1.165, 1.54) is 6.21 Å². The van der Waals surface area contributed by atoms with Crippen molar-refractivity contribution in [1.82, 2.24) is 5.43 Å². The van der Waals surface area contributed by atoms with Crippen LogP contribution in [0.1, 0.15) is 46.5 Å². The molecule has 0 radical (unpaired) electrons. The number of nitrogens with one attached hydrogen (secondary N) is 2. The van der Waals surface area contributed by atoms with Crippen LogP contribution in [0.5, 0.6) is 11.5 Å². The minimum Gasteiger partial charge on any atom is -0.490 e. The molecule has 0 spiro atoms. The number of benzene rings is 3. The third-order valence-electron chi connectivity index (χ3n) is 4.61. The van der Waals surface area contributed by atoms with Crippen LogP contribution in [0.15, 0.2) is 77.9 Å². The predicted octanol–water partition coefficient (Wildman–Crippen LogP) is 4.42. The molecule has 0 unspecified atom stereocenters. The van der Waals surface area contributed by atoms with E-state index in [1.54, 1.807) is 73.7 Å². The van der Waals surface area contributed by atoms with Gasteiger partial charge < -0.3 is 14.8 Å². The Kier molecular flexibility index (Phi) is 8.51. The van der Waals surface area contributed by atoms with E-state index in [0.29, 0.717) is 41.2 Å². The summed E-state index contributed by atoms with van der Waals surface area (Å²) in [6.45, 7) is 3.96. The smallest absolute Gasteiger partial charge is 0.343 e. The van der Waals surface area contributed by atoms with Crippen molar-refractivity contribution >= 4 is 29.7 Å². The van der Waals surface area contributed by atoms with Gasteiger partial charge in [-0.05, 0) is 67.1 Å². The van der Waals surface area contributed by atoms with Gasteiger partial charge in [-0.3, -0.25) is 9.59 Å². The van der Waals surface area contributed by atoms with Crippen molar-refractivity contribution in [2.75, 3.05) is 11.9 Å². The summed E-state index contributed by atoms with van der Waals surface area (Å²) in [6, 6.07) is 20.1. The first-order valence-electron chi connectivity index (χ1n) is 10.8. The molecule has 3 aromatic carbocycles. The predicted molar refractivity (Wildman–Crippen MR) is 129 cm³/mol. The monoisotopic (exact) mass is 459 g/mol. The van der Waals surface area contributed by atoms with Crippen molar-refractivity contribution in [3.8, 4) is 11.5 Å². The molecule has 0 atom stereocenters. The molecule has 0 heterocycles. The van der Waals surface area contributed by atoms with Crippen LogP contribution in [0, 0.1) is 0 Å². The number of carbonyl (C=O) groups is 3. The Labute approximate surface area is 197 Å². The summed E-state index contributed by atoms with van der Waals surface area (Å²) in [4.78, 5) is 36.1. The Morgan fingerprint density at radius 1 is 0.882 bits per heavy atom. The van der Waals surface area contributed by atoms with Crippen LogP contribution >= 0.6 is 0 Å². The van der Waals surface area contributed by atoms with Crippen LogP contribution in [0.3, 0.4) is 0 Å². The summed E-state index contributed by atoms with van der Waals surface area (Å²) in [6.07, 6.45) is 1.83. The second-order valence-electron chi connectivity index (χ2n) is 7.07. The average molecular weight is 460 g/mol. The van der Waals surface area contributed by atoms with E-state index in [1.807, 2.05) is 13.0 Å². The molecule has 174 valence electrons. The Balaban J connectivity index is 1.64. The molecule has 0 saturated carbocycles. The van der Waals surface area contributed by atoms with Gasteiger partial charge in [0, 0.05) is 17.7 Å². The number of rotatable bonds is 9. The Morgan fingerprint density at radius 3 is 2.29 bits per heavy atom. The lowest BCUT2D eigenvalue weighted by Gasteiger charge is -2.11. The van der Waals surface area contributed by atoms with Gasteiger partial charge >= 0.3 is 5.97 Å². The molecule has 0 saturated heterocycles. The summed E-state index contributed by atoms with van der Waals surface area (Å²) >= 11 is 0. The number of hydrazone groups is 1. The average Bonchev–Trinajstić information content (AvgIpc) is 2.86. The van der Waals surface area contributed by atoms with Gasteiger partial charge in [0.1, 0.15) is 0 Å². The van der Waals surface area contributed by atoms with E-state index in [0.717, 1.165) is 0 Å². The van der Waals surface area contributed by atoms with Crippen LogP contribution in [0.25, 0.3) is 0 Å². The highest BCUT2D eigenvalue weighted by Gasteiger charge is 2.13. The van der Waals surface area contributed by atoms with E-state index in [4.69, 9.17) is 9.47 Å². The van der Waals surface area contributed by atoms with Crippen molar-refractivity contribution in [1.29, 1.82) is 0 Å². The molecule has 0 aliphatic rings. The maximum atomic E-state index is 12.4. The second-order valence-corrected chi connectivity index (χ2v) is 7.07. The number of ether oxygens (including phenoxy) is 2. The van der Waals surface area contributed by atoms with Crippen LogP contribution < -0.4 is 20.2 Å². The Morgan fingerprint density at radius 2 is 1.62 bits per heavy atom. The summed E-state index contributed by atoms with van der Waals surface area (Å²) in [7, 11) is 0. The molecule has 2 N–H and O–H groups in total. The maximum Gasteiger partial charge on any atom is 0.343 e. The molecule has 0 aromatic heterocycles. The standard InChI is InChI=1S/C26H25N3O5/c1-3-24(30)28-21-13-11-19(12-14-21)25(31)29-27-17-18-10-15-22(23(16-18)33-4-2)34-26(32)20-8-6-5-7-9-20/h5-17H,3-4H2,1-2H3,(H,28,30)(H,29,31). The molecule has 0 fully saturated rings. The van der Waals surface area contributed by atoms with E-state index >= 15 is 0 Å². The van der Waals surface area contributed by atoms with Gasteiger partial charge in [0.05, 0.1) is 18.4 Å². The number of hydrogen-bond acceptors (Lipinski definition) is 6. The first-order chi connectivity index (χ1) is 16.5. The van der Waals surface area contributed by atoms with Crippen molar-refractivity contribution in [3.05, 3.63) is 89.5 Å². The molecular formula is C26H25N3O5. The lowest BCUT2D eigenvalue weighted by Crippen LogP contribution is -2.17. The van der Waals surface area contributed by atoms with E-state index in [2.05, 4.69) is 15.8 Å². The van der Waals surface area contributed by atoms with Crippen molar-refractivity contribution < 1.29 is 23.9 Å². The molecule has 3 aromatic rings. The zero-order chi connectivity index (χ0) is 24.3. The molecule has 3 rings (SSSR count). The second kappa shape index (κ2) is 12.0. The number of esters is 1. The van der Waals surface area contributed by atoms with Gasteiger partial charge in [-0.25, -0.2) is 10.2 Å². The summed E-state index contributed by atoms with van der Waals surface area (Å²) in [5.74, 6) is -0.327. The normalized spacial score (nSPS) is 10.5. The molecule has 0 aliphatic carbocycles. The maximum absolute atomic E-state index is 12.4. The largest absolute Gasteiger partial charge is 0.490 e. The topological polar surface area (TPSA) is 106 Å². The molecule has 8 nitrogen and oxygen atoms in total. The molecule has 0 bridgehead atoms. The number of amides is 2. The number of hydrogen-bond donors (Lipinski definition) is 2. The fourth-order valence-corrected chi connectivity index (χ4v) is 2.87. The summed E-state index contributed by atoms with van der Waals surface area (Å²) < 4.78 is 11.1. The van der Waals surface area contributed by atoms with Gasteiger partial charge in [0.15, 0.2) is 11.5 Å². The van der Waals surface area contributed by atoms with Gasteiger partial charge in [0.25, 0.3) is 5.91 Å². The van der Waals surface area contributed by atoms with Crippen LogP contribution in [0.2, 0.25) is 0 Å². The quantitative estimate of drug-likeness (QED) is 0.213. The first-order valence-corrected chi connectivity index (χ1v) is 10.8. The molecule has 34 heavy (non-hydrogen) atoms. The highest BCUT2D eigenvalue weighted by Crippen LogP contribution is 2.29.